The van der Waals surface area contributed by atoms with Gasteiger partial charge in [-0.15, -0.1) is 0 Å². The SMILES string of the molecule is C/C=C(\C(C)=C/N)[CH]([Hg])CC. The molecule has 0 radical (unpaired) electrons. The van der Waals surface area contributed by atoms with Gasteiger partial charge in [0, 0.05) is 0 Å². The molecule has 0 aromatic rings. The molecule has 1 unspecified atom stereocenters. The van der Waals surface area contributed by atoms with Crippen LogP contribution in [0.5, 0.6) is 0 Å². The summed E-state index contributed by atoms with van der Waals surface area (Å²) >= 11 is 0.819. The summed E-state index contributed by atoms with van der Waals surface area (Å²) in [6.45, 7) is 6.42. The van der Waals surface area contributed by atoms with Crippen molar-refractivity contribution in [3.05, 3.63) is 23.4 Å². The minimum absolute atomic E-state index is 0.819. The Morgan fingerprint density at radius 1 is 1.64 bits per heavy atom. The second-order valence-electron chi connectivity index (χ2n) is 2.70. The summed E-state index contributed by atoms with van der Waals surface area (Å²) in [7, 11) is 0. The van der Waals surface area contributed by atoms with E-state index in [-0.39, 0.29) is 0 Å². The molecular weight excluding hydrogens is 323 g/mol. The number of allylic oxidation sites excluding steroid dienone is 3. The third-order valence-corrected chi connectivity index (χ3v) is 5.90. The third kappa shape index (κ3) is 3.41. The number of hydrogen-bond acceptors (Lipinski definition) is 1. The first-order chi connectivity index (χ1) is 5.17. The van der Waals surface area contributed by atoms with E-state index in [1.54, 1.807) is 6.20 Å². The zero-order valence-electron chi connectivity index (χ0n) is 7.72. The second kappa shape index (κ2) is 5.81. The Bertz CT molecular complexity index is 170. The quantitative estimate of drug-likeness (QED) is 0.621. The van der Waals surface area contributed by atoms with Crippen molar-refractivity contribution >= 4 is 0 Å². The summed E-state index contributed by atoms with van der Waals surface area (Å²) in [5, 5.41) is 0. The van der Waals surface area contributed by atoms with Crippen LogP contribution in [0.4, 0.5) is 0 Å². The van der Waals surface area contributed by atoms with Crippen molar-refractivity contribution < 1.29 is 26.1 Å². The van der Waals surface area contributed by atoms with Crippen molar-refractivity contribution in [2.24, 2.45) is 5.73 Å². The van der Waals surface area contributed by atoms with E-state index in [1.807, 2.05) is 0 Å². The average Bonchev–Trinajstić information content (AvgIpc) is 2.05. The first-order valence-electron chi connectivity index (χ1n) is 4.05. The van der Waals surface area contributed by atoms with Crippen molar-refractivity contribution in [1.29, 1.82) is 0 Å². The van der Waals surface area contributed by atoms with Crippen molar-refractivity contribution in [2.45, 2.75) is 30.6 Å². The zero-order valence-corrected chi connectivity index (χ0v) is 13.2. The van der Waals surface area contributed by atoms with Gasteiger partial charge in [-0.1, -0.05) is 0 Å². The van der Waals surface area contributed by atoms with Crippen LogP contribution in [0.25, 0.3) is 0 Å². The molecule has 2 N–H and O–H groups in total. The monoisotopic (exact) mass is 340 g/mol. The van der Waals surface area contributed by atoms with E-state index in [2.05, 4.69) is 26.8 Å². The van der Waals surface area contributed by atoms with Gasteiger partial charge in [-0.3, -0.25) is 0 Å². The molecule has 2 heteroatoms. The molecule has 59 valence electrons. The summed E-state index contributed by atoms with van der Waals surface area (Å²) in [4.78, 5) is 0. The molecule has 0 aliphatic rings. The second-order valence-corrected chi connectivity index (χ2v) is 6.53. The molecule has 0 aliphatic carbocycles. The van der Waals surface area contributed by atoms with E-state index in [1.165, 1.54) is 17.6 Å². The predicted octanol–water partition coefficient (Wildman–Crippen LogP) is 2.54. The maximum absolute atomic E-state index is 5.46. The Morgan fingerprint density at radius 3 is 2.45 bits per heavy atom. The molecule has 0 saturated carbocycles. The van der Waals surface area contributed by atoms with Gasteiger partial charge in [0.15, 0.2) is 0 Å². The van der Waals surface area contributed by atoms with Crippen LogP contribution in [0.3, 0.4) is 0 Å². The Kier molecular flexibility index (Phi) is 5.93. The molecular formula is C9H16HgN. The van der Waals surface area contributed by atoms with Gasteiger partial charge in [0.2, 0.25) is 0 Å². The van der Waals surface area contributed by atoms with Gasteiger partial charge in [-0.2, -0.15) is 0 Å². The van der Waals surface area contributed by atoms with Crippen LogP contribution < -0.4 is 5.73 Å². The van der Waals surface area contributed by atoms with E-state index < -0.39 is 0 Å². The summed E-state index contributed by atoms with van der Waals surface area (Å²) in [5.74, 6) is 0. The van der Waals surface area contributed by atoms with Crippen LogP contribution >= 0.6 is 0 Å². The number of rotatable bonds is 3. The molecule has 0 saturated heterocycles. The van der Waals surface area contributed by atoms with Crippen molar-refractivity contribution in [3.8, 4) is 0 Å². The van der Waals surface area contributed by atoms with E-state index in [0.29, 0.717) is 0 Å². The molecule has 0 heterocycles. The molecule has 0 rings (SSSR count). The Labute approximate surface area is 85.7 Å². The van der Waals surface area contributed by atoms with Gasteiger partial charge in [0.05, 0.1) is 0 Å². The molecule has 0 bridgehead atoms. The molecule has 0 aliphatic heterocycles. The molecule has 0 amide bonds. The van der Waals surface area contributed by atoms with E-state index in [0.717, 1.165) is 29.5 Å². The molecule has 0 fully saturated rings. The molecule has 1 atom stereocenters. The summed E-state index contributed by atoms with van der Waals surface area (Å²) < 4.78 is 0.819. The molecule has 11 heavy (non-hydrogen) atoms. The maximum atomic E-state index is 5.46. The van der Waals surface area contributed by atoms with Gasteiger partial charge in [-0.05, 0) is 0 Å². The molecule has 1 nitrogen and oxygen atoms in total. The van der Waals surface area contributed by atoms with E-state index in [9.17, 15) is 0 Å². The predicted molar refractivity (Wildman–Crippen MR) is 45.7 cm³/mol. The third-order valence-electron chi connectivity index (χ3n) is 1.95. The topological polar surface area (TPSA) is 26.0 Å². The summed E-state index contributed by atoms with van der Waals surface area (Å²) in [6, 6.07) is 0. The van der Waals surface area contributed by atoms with E-state index in [4.69, 9.17) is 5.73 Å². The van der Waals surface area contributed by atoms with Crippen LogP contribution in [-0.2, 0) is 26.1 Å². The fourth-order valence-electron chi connectivity index (χ4n) is 1.10. The zero-order chi connectivity index (χ0) is 8.85. The number of hydrogen-bond donors (Lipinski definition) is 1. The Hall–Kier alpha value is 0.215. The Morgan fingerprint density at radius 2 is 2.18 bits per heavy atom. The van der Waals surface area contributed by atoms with Gasteiger partial charge >= 0.3 is 85.9 Å². The molecule has 0 aromatic carbocycles. The average molecular weight is 339 g/mol. The van der Waals surface area contributed by atoms with E-state index >= 15 is 0 Å². The molecule has 0 spiro atoms. The van der Waals surface area contributed by atoms with Gasteiger partial charge in [0.25, 0.3) is 0 Å². The van der Waals surface area contributed by atoms with Crippen molar-refractivity contribution in [3.63, 3.8) is 0 Å². The van der Waals surface area contributed by atoms with Crippen LogP contribution in [0, 0.1) is 0 Å². The van der Waals surface area contributed by atoms with Crippen molar-refractivity contribution in [1.82, 2.24) is 0 Å². The van der Waals surface area contributed by atoms with Crippen LogP contribution in [0.2, 0.25) is 3.43 Å². The number of nitrogens with two attached hydrogens (primary N) is 1. The van der Waals surface area contributed by atoms with Crippen LogP contribution in [0.1, 0.15) is 27.2 Å². The fraction of sp³-hybridized carbons (Fsp3) is 0.556. The normalized spacial score (nSPS) is 16.8. The summed E-state index contributed by atoms with van der Waals surface area (Å²) in [5.41, 5.74) is 8.16. The van der Waals surface area contributed by atoms with Crippen LogP contribution in [-0.4, -0.2) is 0 Å². The molecule has 0 aromatic heterocycles. The fourth-order valence-corrected chi connectivity index (χ4v) is 3.27. The Balaban J connectivity index is 4.43. The standard InChI is InChI=1S/C9H16N.Hg/c1-4-6-9(5-2)8(3)7-10;/h5-7H,4,10H2,1-3H3;/b8-7-,9-5-;. The van der Waals surface area contributed by atoms with Crippen molar-refractivity contribution in [2.75, 3.05) is 0 Å². The van der Waals surface area contributed by atoms with Gasteiger partial charge in [-0.25, -0.2) is 0 Å². The van der Waals surface area contributed by atoms with Gasteiger partial charge in [0.1, 0.15) is 0 Å². The van der Waals surface area contributed by atoms with Crippen LogP contribution in [0.15, 0.2) is 23.4 Å². The first-order valence-corrected chi connectivity index (χ1v) is 7.22. The first kappa shape index (κ1) is 11.2. The minimum atomic E-state index is 0.819. The summed E-state index contributed by atoms with van der Waals surface area (Å²) in [6.07, 6.45) is 5.17. The van der Waals surface area contributed by atoms with Gasteiger partial charge < -0.3 is 0 Å².